The molecule has 2 unspecified atom stereocenters. The highest BCUT2D eigenvalue weighted by Crippen LogP contribution is 2.29. The van der Waals surface area contributed by atoms with E-state index in [1.807, 2.05) is 30.3 Å². The monoisotopic (exact) mass is 503 g/mol. The average Bonchev–Trinajstić information content (AvgIpc) is 3.42. The molecule has 192 valence electrons. The number of carbonyl (C=O) groups excluding carboxylic acids is 3. The first-order valence-electron chi connectivity index (χ1n) is 12.1. The molecule has 0 spiro atoms. The van der Waals surface area contributed by atoms with Crippen molar-refractivity contribution < 1.29 is 23.9 Å². The van der Waals surface area contributed by atoms with E-state index in [2.05, 4.69) is 20.8 Å². The molecule has 5 rings (SSSR count). The van der Waals surface area contributed by atoms with Gasteiger partial charge in [-0.05, 0) is 38.5 Å². The van der Waals surface area contributed by atoms with Gasteiger partial charge in [0.1, 0.15) is 11.6 Å². The zero-order valence-corrected chi connectivity index (χ0v) is 20.9. The predicted molar refractivity (Wildman–Crippen MR) is 138 cm³/mol. The number of anilines is 1. The van der Waals surface area contributed by atoms with E-state index < -0.39 is 17.7 Å². The molecule has 3 amide bonds. The van der Waals surface area contributed by atoms with Crippen LogP contribution in [0.4, 0.5) is 10.5 Å². The van der Waals surface area contributed by atoms with Crippen LogP contribution in [0.25, 0.3) is 10.9 Å². The van der Waals surface area contributed by atoms with Crippen LogP contribution in [-0.2, 0) is 20.9 Å². The highest BCUT2D eigenvalue weighted by molar-refractivity contribution is 6.15. The summed E-state index contributed by atoms with van der Waals surface area (Å²) in [6.07, 6.45) is 2.71. The highest BCUT2D eigenvalue weighted by atomic mass is 16.6. The number of hydrogen-bond donors (Lipinski definition) is 3. The van der Waals surface area contributed by atoms with Gasteiger partial charge < -0.3 is 19.8 Å². The summed E-state index contributed by atoms with van der Waals surface area (Å²) in [4.78, 5) is 43.6. The fourth-order valence-electron chi connectivity index (χ4n) is 4.57. The Kier molecular flexibility index (Phi) is 6.43. The van der Waals surface area contributed by atoms with Gasteiger partial charge in [-0.2, -0.15) is 5.10 Å². The number of aromatic amines is 1. The van der Waals surface area contributed by atoms with Gasteiger partial charge in [0.15, 0.2) is 0 Å². The van der Waals surface area contributed by atoms with Gasteiger partial charge in [-0.1, -0.05) is 30.3 Å². The number of nitrogens with one attached hydrogen (secondary N) is 3. The van der Waals surface area contributed by atoms with Crippen molar-refractivity contribution in [2.75, 3.05) is 11.9 Å². The molecule has 37 heavy (non-hydrogen) atoms. The van der Waals surface area contributed by atoms with Crippen molar-refractivity contribution in [2.45, 2.75) is 51.5 Å². The summed E-state index contributed by atoms with van der Waals surface area (Å²) >= 11 is 0. The highest BCUT2D eigenvalue weighted by Gasteiger charge is 2.42. The Bertz CT molecular complexity index is 1380. The molecule has 2 atom stereocenters. The first kappa shape index (κ1) is 24.5. The van der Waals surface area contributed by atoms with Crippen LogP contribution in [0.5, 0.6) is 0 Å². The molecule has 0 saturated carbocycles. The van der Waals surface area contributed by atoms with Crippen molar-refractivity contribution in [3.63, 3.8) is 0 Å². The Morgan fingerprint density at radius 3 is 2.73 bits per heavy atom. The third-order valence-corrected chi connectivity index (χ3v) is 6.21. The molecule has 3 N–H and O–H groups in total. The second-order valence-electron chi connectivity index (χ2n) is 10.2. The molecule has 2 aliphatic rings. The summed E-state index contributed by atoms with van der Waals surface area (Å²) in [7, 11) is 0. The maximum absolute atomic E-state index is 13.5. The van der Waals surface area contributed by atoms with E-state index >= 15 is 0 Å². The van der Waals surface area contributed by atoms with E-state index in [4.69, 9.17) is 9.47 Å². The maximum atomic E-state index is 13.5. The van der Waals surface area contributed by atoms with Gasteiger partial charge in [-0.3, -0.25) is 14.5 Å². The van der Waals surface area contributed by atoms with Gasteiger partial charge in [-0.15, -0.1) is 0 Å². The zero-order chi connectivity index (χ0) is 26.2. The average molecular weight is 504 g/mol. The standard InChI is InChI=1S/C27H29N5O5/c1-27(2,3)37-26(35)32-14-19(36-15-16-7-5-4-6-8-16)11-22(32)25(34)30-18-9-20-23-17(12-28-21(23)10-18)13-29-31-24(20)33/h4-10,12-13,19,22,28H,11,14-15H2,1-3H3,(H,30,34)(H,31,33). The molecular formula is C27H29N5O5. The lowest BCUT2D eigenvalue weighted by atomic mass is 10.0. The second-order valence-corrected chi connectivity index (χ2v) is 10.2. The van der Waals surface area contributed by atoms with Crippen LogP contribution in [0.3, 0.4) is 0 Å². The lowest BCUT2D eigenvalue weighted by molar-refractivity contribution is -0.120. The first-order valence-corrected chi connectivity index (χ1v) is 12.1. The Labute approximate surface area is 214 Å². The maximum Gasteiger partial charge on any atom is 0.411 e. The van der Waals surface area contributed by atoms with E-state index in [-0.39, 0.29) is 24.5 Å². The summed E-state index contributed by atoms with van der Waals surface area (Å²) < 4.78 is 11.6. The van der Waals surface area contributed by atoms with Crippen LogP contribution < -0.4 is 10.7 Å². The molecule has 1 aromatic heterocycles. The van der Waals surface area contributed by atoms with E-state index in [1.54, 1.807) is 45.3 Å². The van der Waals surface area contributed by atoms with Crippen molar-refractivity contribution >= 4 is 40.7 Å². The first-order chi connectivity index (χ1) is 17.7. The SMILES string of the molecule is CC(C)(C)OC(=O)N1CC(OCc2ccccc2)CC1C(=O)Nc1cc2c3c(c[nH]c3c1)C=NNC2=O. The fourth-order valence-corrected chi connectivity index (χ4v) is 4.57. The Balaban J connectivity index is 1.36. The molecule has 1 saturated heterocycles. The summed E-state index contributed by atoms with van der Waals surface area (Å²) in [5.74, 6) is -0.762. The number of H-pyrrole nitrogens is 1. The summed E-state index contributed by atoms with van der Waals surface area (Å²) in [5, 5.41) is 7.53. The molecule has 0 bridgehead atoms. The number of carbonyl (C=O) groups is 3. The fraction of sp³-hybridized carbons (Fsp3) is 0.333. The number of nitrogens with zero attached hydrogens (tertiary/aromatic N) is 2. The molecular weight excluding hydrogens is 474 g/mol. The minimum atomic E-state index is -0.804. The smallest absolute Gasteiger partial charge is 0.411 e. The van der Waals surface area contributed by atoms with Crippen molar-refractivity contribution in [3.8, 4) is 0 Å². The van der Waals surface area contributed by atoms with Crippen LogP contribution in [0.2, 0.25) is 0 Å². The molecule has 2 aliphatic heterocycles. The number of rotatable bonds is 5. The van der Waals surface area contributed by atoms with Crippen LogP contribution in [0, 0.1) is 0 Å². The van der Waals surface area contributed by atoms with Gasteiger partial charge in [0, 0.05) is 34.8 Å². The minimum Gasteiger partial charge on any atom is -0.444 e. The van der Waals surface area contributed by atoms with E-state index in [0.29, 0.717) is 29.8 Å². The van der Waals surface area contributed by atoms with Gasteiger partial charge >= 0.3 is 6.09 Å². The lowest BCUT2D eigenvalue weighted by Gasteiger charge is -2.28. The molecule has 3 heterocycles. The van der Waals surface area contributed by atoms with Crippen LogP contribution in [0.15, 0.2) is 53.8 Å². The number of hydrazone groups is 1. The van der Waals surface area contributed by atoms with E-state index in [9.17, 15) is 14.4 Å². The number of ether oxygens (including phenoxy) is 2. The number of hydrogen-bond acceptors (Lipinski definition) is 6. The largest absolute Gasteiger partial charge is 0.444 e. The third kappa shape index (κ3) is 5.34. The normalized spacial score (nSPS) is 19.0. The topological polar surface area (TPSA) is 125 Å². The van der Waals surface area contributed by atoms with Crippen LogP contribution in [-0.4, -0.2) is 58.3 Å². The predicted octanol–water partition coefficient (Wildman–Crippen LogP) is 3.78. The van der Waals surface area contributed by atoms with Crippen molar-refractivity contribution in [1.82, 2.24) is 15.3 Å². The number of benzene rings is 2. The molecule has 3 aromatic rings. The number of aromatic nitrogens is 1. The van der Waals surface area contributed by atoms with Crippen LogP contribution >= 0.6 is 0 Å². The summed E-state index contributed by atoms with van der Waals surface area (Å²) in [5.41, 5.74) is 5.03. The van der Waals surface area contributed by atoms with Crippen molar-refractivity contribution in [2.24, 2.45) is 5.10 Å². The Hall–Kier alpha value is -4.18. The third-order valence-electron chi connectivity index (χ3n) is 6.21. The number of amides is 3. The molecule has 1 fully saturated rings. The molecule has 0 radical (unpaired) electrons. The quantitative estimate of drug-likeness (QED) is 0.489. The second kappa shape index (κ2) is 9.70. The Morgan fingerprint density at radius 1 is 1.19 bits per heavy atom. The lowest BCUT2D eigenvalue weighted by Crippen LogP contribution is -2.45. The van der Waals surface area contributed by atoms with Crippen molar-refractivity contribution in [1.29, 1.82) is 0 Å². The number of likely N-dealkylation sites (tertiary alicyclic amines) is 1. The van der Waals surface area contributed by atoms with Gasteiger partial charge in [0.05, 0.1) is 31.0 Å². The molecule has 2 aromatic carbocycles. The Morgan fingerprint density at radius 2 is 1.97 bits per heavy atom. The van der Waals surface area contributed by atoms with Crippen molar-refractivity contribution in [3.05, 3.63) is 65.4 Å². The molecule has 10 heteroatoms. The molecule has 10 nitrogen and oxygen atoms in total. The van der Waals surface area contributed by atoms with E-state index in [0.717, 1.165) is 16.5 Å². The van der Waals surface area contributed by atoms with Crippen LogP contribution in [0.1, 0.15) is 48.7 Å². The summed E-state index contributed by atoms with van der Waals surface area (Å²) in [6.45, 7) is 5.94. The summed E-state index contributed by atoms with van der Waals surface area (Å²) in [6, 6.07) is 12.3. The van der Waals surface area contributed by atoms with Gasteiger partial charge in [0.2, 0.25) is 5.91 Å². The minimum absolute atomic E-state index is 0.226. The molecule has 0 aliphatic carbocycles. The van der Waals surface area contributed by atoms with E-state index in [1.165, 1.54) is 4.90 Å². The zero-order valence-electron chi connectivity index (χ0n) is 20.9. The van der Waals surface area contributed by atoms with Gasteiger partial charge in [0.25, 0.3) is 5.91 Å². The van der Waals surface area contributed by atoms with Gasteiger partial charge in [-0.25, -0.2) is 10.2 Å².